The van der Waals surface area contributed by atoms with Crippen molar-refractivity contribution in [1.82, 2.24) is 24.3 Å². The molecule has 0 spiro atoms. The Kier molecular flexibility index (Phi) is 4.66. The van der Waals surface area contributed by atoms with E-state index in [2.05, 4.69) is 32.6 Å². The summed E-state index contributed by atoms with van der Waals surface area (Å²) >= 11 is 0. The number of anilines is 1. The minimum absolute atomic E-state index is 0.169. The van der Waals surface area contributed by atoms with E-state index in [1.54, 1.807) is 6.07 Å². The number of nitrogens with zero attached hydrogens (tertiary/aromatic N) is 7. The molecule has 1 atom stereocenters. The number of fused-ring (bicyclic) bond motifs is 4. The fraction of sp³-hybridized carbons (Fsp3) is 0.522. The standard InChI is InChI=1S/C23H26FN7O/c1-15-12-29(21-3-2-17(10-25)31-23(21)19(24)11-26-31)14-22-18-4-7-28(13-20(18)27-30(15)22)16-5-8-32-9-6-16/h2-3,11,15-16H,4-9,12-14H2,1H3/t15-/m1/s1. The summed E-state index contributed by atoms with van der Waals surface area (Å²) < 4.78 is 23.8. The number of pyridine rings is 1. The highest BCUT2D eigenvalue weighted by molar-refractivity contribution is 5.75. The molecule has 6 rings (SSSR count). The number of ether oxygens (including phenoxy) is 1. The zero-order valence-corrected chi connectivity index (χ0v) is 18.2. The third-order valence-corrected chi connectivity index (χ3v) is 7.20. The predicted molar refractivity (Wildman–Crippen MR) is 116 cm³/mol. The Morgan fingerprint density at radius 1 is 1.22 bits per heavy atom. The van der Waals surface area contributed by atoms with Gasteiger partial charge >= 0.3 is 0 Å². The van der Waals surface area contributed by atoms with Gasteiger partial charge in [0.2, 0.25) is 0 Å². The fourth-order valence-corrected chi connectivity index (χ4v) is 5.61. The van der Waals surface area contributed by atoms with Crippen molar-refractivity contribution in [3.8, 4) is 6.07 Å². The van der Waals surface area contributed by atoms with Crippen LogP contribution in [0.1, 0.15) is 48.5 Å². The van der Waals surface area contributed by atoms with Crippen molar-refractivity contribution < 1.29 is 9.13 Å². The van der Waals surface area contributed by atoms with Crippen LogP contribution in [-0.2, 0) is 24.2 Å². The SMILES string of the molecule is C[C@@H]1CN(c2ccc(C#N)n3ncc(F)c23)Cc2c3c(nn21)CN(C1CCOCC1)CC3. The third-order valence-electron chi connectivity index (χ3n) is 7.20. The highest BCUT2D eigenvalue weighted by Crippen LogP contribution is 2.35. The first-order valence-corrected chi connectivity index (χ1v) is 11.4. The Hall–Kier alpha value is -2.96. The van der Waals surface area contributed by atoms with Gasteiger partial charge in [-0.15, -0.1) is 0 Å². The lowest BCUT2D eigenvalue weighted by molar-refractivity contribution is 0.0285. The first-order chi connectivity index (χ1) is 15.6. The van der Waals surface area contributed by atoms with Gasteiger partial charge in [-0.05, 0) is 38.3 Å². The third kappa shape index (κ3) is 3.01. The average molecular weight is 436 g/mol. The summed E-state index contributed by atoms with van der Waals surface area (Å²) in [5.74, 6) is -0.405. The summed E-state index contributed by atoms with van der Waals surface area (Å²) in [6, 6.07) is 6.41. The molecule has 0 unspecified atom stereocenters. The highest BCUT2D eigenvalue weighted by Gasteiger charge is 2.34. The van der Waals surface area contributed by atoms with E-state index in [9.17, 15) is 9.65 Å². The van der Waals surface area contributed by atoms with E-state index in [1.165, 1.54) is 27.7 Å². The molecule has 32 heavy (non-hydrogen) atoms. The van der Waals surface area contributed by atoms with Gasteiger partial charge in [0.15, 0.2) is 5.82 Å². The molecule has 0 bridgehead atoms. The molecule has 0 aliphatic carbocycles. The smallest absolute Gasteiger partial charge is 0.171 e. The second-order valence-electron chi connectivity index (χ2n) is 9.08. The highest BCUT2D eigenvalue weighted by atomic mass is 19.1. The summed E-state index contributed by atoms with van der Waals surface area (Å²) in [4.78, 5) is 4.77. The largest absolute Gasteiger partial charge is 0.381 e. The lowest BCUT2D eigenvalue weighted by Crippen LogP contribution is -2.42. The van der Waals surface area contributed by atoms with Gasteiger partial charge in [0.25, 0.3) is 0 Å². The maximum absolute atomic E-state index is 14.7. The van der Waals surface area contributed by atoms with Crippen LogP contribution in [0.25, 0.3) is 5.52 Å². The zero-order valence-electron chi connectivity index (χ0n) is 18.2. The van der Waals surface area contributed by atoms with E-state index in [4.69, 9.17) is 9.84 Å². The molecule has 1 saturated heterocycles. The first kappa shape index (κ1) is 19.7. The quantitative estimate of drug-likeness (QED) is 0.616. The molecule has 0 radical (unpaired) electrons. The van der Waals surface area contributed by atoms with E-state index in [-0.39, 0.29) is 6.04 Å². The van der Waals surface area contributed by atoms with Crippen molar-refractivity contribution in [2.45, 2.75) is 51.4 Å². The Morgan fingerprint density at radius 3 is 2.88 bits per heavy atom. The van der Waals surface area contributed by atoms with Crippen molar-refractivity contribution in [1.29, 1.82) is 5.26 Å². The Balaban J connectivity index is 1.33. The maximum Gasteiger partial charge on any atom is 0.171 e. The Labute approximate surface area is 185 Å². The summed E-state index contributed by atoms with van der Waals surface area (Å²) in [7, 11) is 0. The average Bonchev–Trinajstić information content (AvgIpc) is 3.40. The van der Waals surface area contributed by atoms with Crippen LogP contribution >= 0.6 is 0 Å². The summed E-state index contributed by atoms with van der Waals surface area (Å²) in [6.45, 7) is 7.21. The van der Waals surface area contributed by atoms with Crippen molar-refractivity contribution in [2.75, 3.05) is 31.2 Å². The van der Waals surface area contributed by atoms with Crippen LogP contribution < -0.4 is 4.90 Å². The maximum atomic E-state index is 14.7. The van der Waals surface area contributed by atoms with E-state index in [1.807, 2.05) is 6.07 Å². The fourth-order valence-electron chi connectivity index (χ4n) is 5.61. The molecule has 3 aromatic heterocycles. The number of halogens is 1. The van der Waals surface area contributed by atoms with Crippen LogP contribution in [0.15, 0.2) is 18.3 Å². The van der Waals surface area contributed by atoms with Crippen LogP contribution in [0, 0.1) is 17.1 Å². The molecule has 3 aliphatic rings. The Bertz CT molecular complexity index is 1220. The van der Waals surface area contributed by atoms with Crippen LogP contribution in [-0.4, -0.2) is 56.6 Å². The number of rotatable bonds is 2. The molecule has 0 N–H and O–H groups in total. The normalized spacial score (nSPS) is 22.0. The van der Waals surface area contributed by atoms with Gasteiger partial charge < -0.3 is 9.64 Å². The number of aromatic nitrogens is 4. The molecule has 9 heteroatoms. The van der Waals surface area contributed by atoms with Crippen molar-refractivity contribution >= 4 is 11.2 Å². The lowest BCUT2D eigenvalue weighted by Gasteiger charge is -2.37. The van der Waals surface area contributed by atoms with Gasteiger partial charge in [0.05, 0.1) is 35.9 Å². The van der Waals surface area contributed by atoms with Crippen molar-refractivity contribution in [3.63, 3.8) is 0 Å². The zero-order chi connectivity index (χ0) is 21.8. The van der Waals surface area contributed by atoms with E-state index >= 15 is 0 Å². The van der Waals surface area contributed by atoms with Crippen LogP contribution in [0.3, 0.4) is 0 Å². The first-order valence-electron chi connectivity index (χ1n) is 11.4. The summed E-state index contributed by atoms with van der Waals surface area (Å²) in [6.07, 6.45) is 4.37. The molecule has 1 fully saturated rings. The summed E-state index contributed by atoms with van der Waals surface area (Å²) in [5.41, 5.74) is 5.23. The summed E-state index contributed by atoms with van der Waals surface area (Å²) in [5, 5.41) is 18.5. The minimum atomic E-state index is -0.405. The van der Waals surface area contributed by atoms with E-state index < -0.39 is 5.82 Å². The van der Waals surface area contributed by atoms with Gasteiger partial charge in [-0.2, -0.15) is 15.5 Å². The Morgan fingerprint density at radius 2 is 2.06 bits per heavy atom. The van der Waals surface area contributed by atoms with Crippen LogP contribution in [0.2, 0.25) is 0 Å². The van der Waals surface area contributed by atoms with Gasteiger partial charge in [-0.25, -0.2) is 8.91 Å². The van der Waals surface area contributed by atoms with Gasteiger partial charge in [0, 0.05) is 44.5 Å². The molecule has 3 aliphatic heterocycles. The van der Waals surface area contributed by atoms with Gasteiger partial charge in [0.1, 0.15) is 17.3 Å². The molecule has 6 heterocycles. The molecule has 166 valence electrons. The van der Waals surface area contributed by atoms with Crippen LogP contribution in [0.5, 0.6) is 0 Å². The number of nitriles is 1. The second-order valence-corrected chi connectivity index (χ2v) is 9.08. The molecule has 8 nitrogen and oxygen atoms in total. The van der Waals surface area contributed by atoms with Crippen LogP contribution in [0.4, 0.5) is 10.1 Å². The molecule has 0 aromatic carbocycles. The number of hydrogen-bond acceptors (Lipinski definition) is 6. The van der Waals surface area contributed by atoms with E-state index in [0.717, 1.165) is 57.8 Å². The minimum Gasteiger partial charge on any atom is -0.381 e. The van der Waals surface area contributed by atoms with Gasteiger partial charge in [-0.1, -0.05) is 0 Å². The number of hydrogen-bond donors (Lipinski definition) is 0. The molecular formula is C23H26FN7O. The molecule has 0 saturated carbocycles. The van der Waals surface area contributed by atoms with Crippen molar-refractivity contribution in [2.24, 2.45) is 0 Å². The lowest BCUT2D eigenvalue weighted by atomic mass is 9.98. The molecule has 3 aromatic rings. The topological polar surface area (TPSA) is 74.6 Å². The second kappa shape index (κ2) is 7.57. The van der Waals surface area contributed by atoms with Crippen molar-refractivity contribution in [3.05, 3.63) is 46.8 Å². The van der Waals surface area contributed by atoms with E-state index in [0.29, 0.717) is 23.8 Å². The van der Waals surface area contributed by atoms with Gasteiger partial charge in [-0.3, -0.25) is 9.58 Å². The molecule has 0 amide bonds. The predicted octanol–water partition coefficient (Wildman–Crippen LogP) is 2.66. The monoisotopic (exact) mass is 435 g/mol. The molecular weight excluding hydrogens is 409 g/mol.